The fourth-order valence-electron chi connectivity index (χ4n) is 10.7. The fourth-order valence-corrected chi connectivity index (χ4v) is 10.7. The number of likely N-dealkylation sites (N-methyl/N-ethyl adjacent to an activating group) is 2. The predicted octanol–water partition coefficient (Wildman–Crippen LogP) is 4.02. The van der Waals surface area contributed by atoms with Gasteiger partial charge in [-0.25, -0.2) is 0 Å². The number of allylic oxidation sites excluding steroid dienone is 2. The number of phenols is 2. The molecule has 2 aromatic carbocycles. The van der Waals surface area contributed by atoms with Crippen LogP contribution >= 0.6 is 0 Å². The number of carbonyl (C=O) groups excluding carboxylic acids is 2. The van der Waals surface area contributed by atoms with E-state index in [1.807, 2.05) is 12.2 Å². The van der Waals surface area contributed by atoms with E-state index >= 15 is 0 Å². The van der Waals surface area contributed by atoms with Gasteiger partial charge in [-0.05, 0) is 88.3 Å². The Morgan fingerprint density at radius 2 is 1.06 bits per heavy atom. The summed E-state index contributed by atoms with van der Waals surface area (Å²) in [6, 6.07) is 4.36. The topological polar surface area (TPSA) is 118 Å². The average molecular weight is 657 g/mol. The zero-order valence-corrected chi connectivity index (χ0v) is 28.5. The number of methoxy groups -OCH3 is 4. The van der Waals surface area contributed by atoms with E-state index in [1.54, 1.807) is 0 Å². The quantitative estimate of drug-likeness (QED) is 0.489. The number of fused-ring (bicyclic) bond motifs is 2. The summed E-state index contributed by atoms with van der Waals surface area (Å²) in [6.07, 6.45) is 7.21. The lowest BCUT2D eigenvalue weighted by molar-refractivity contribution is -0.123. The molecule has 0 spiro atoms. The van der Waals surface area contributed by atoms with Crippen LogP contribution in [0.25, 0.3) is 11.1 Å². The molecule has 4 bridgehead atoms. The Hall–Kier alpha value is -4.02. The van der Waals surface area contributed by atoms with Gasteiger partial charge in [0.1, 0.15) is 0 Å². The molecule has 2 saturated heterocycles. The van der Waals surface area contributed by atoms with Crippen LogP contribution < -0.4 is 9.47 Å². The van der Waals surface area contributed by atoms with Crippen LogP contribution in [0.15, 0.2) is 35.8 Å². The largest absolute Gasteiger partial charge is 0.504 e. The van der Waals surface area contributed by atoms with Crippen molar-refractivity contribution in [1.82, 2.24) is 9.80 Å². The summed E-state index contributed by atoms with van der Waals surface area (Å²) in [5.74, 6) is 1.29. The molecule has 6 atom stereocenters. The number of rotatable bonds is 5. The van der Waals surface area contributed by atoms with Crippen molar-refractivity contribution in [2.75, 3.05) is 55.6 Å². The minimum atomic E-state index is -0.583. The zero-order valence-electron chi connectivity index (χ0n) is 28.5. The van der Waals surface area contributed by atoms with Crippen molar-refractivity contribution in [1.29, 1.82) is 0 Å². The third-order valence-electron chi connectivity index (χ3n) is 12.9. The molecule has 2 heterocycles. The molecule has 0 amide bonds. The number of benzene rings is 2. The highest BCUT2D eigenvalue weighted by Crippen LogP contribution is 2.62. The first kappa shape index (κ1) is 31.3. The second kappa shape index (κ2) is 10.7. The summed E-state index contributed by atoms with van der Waals surface area (Å²) in [7, 11) is 10.4. The minimum Gasteiger partial charge on any atom is -0.504 e. The van der Waals surface area contributed by atoms with Gasteiger partial charge >= 0.3 is 0 Å². The van der Waals surface area contributed by atoms with Gasteiger partial charge in [-0.15, -0.1) is 0 Å². The van der Waals surface area contributed by atoms with Gasteiger partial charge in [-0.3, -0.25) is 9.59 Å². The minimum absolute atomic E-state index is 0.00494. The second-order valence-corrected chi connectivity index (χ2v) is 14.7. The van der Waals surface area contributed by atoms with Gasteiger partial charge in [-0.1, -0.05) is 0 Å². The predicted molar refractivity (Wildman–Crippen MR) is 178 cm³/mol. The van der Waals surface area contributed by atoms with E-state index in [2.05, 4.69) is 36.0 Å². The number of likely N-dealkylation sites (tertiary alicyclic amines) is 2. The molecule has 6 aliphatic rings. The molecule has 48 heavy (non-hydrogen) atoms. The Morgan fingerprint density at radius 1 is 0.667 bits per heavy atom. The molecule has 6 unspecified atom stereocenters. The maximum atomic E-state index is 13.3. The summed E-state index contributed by atoms with van der Waals surface area (Å²) in [5, 5.41) is 24.4. The van der Waals surface area contributed by atoms with Crippen LogP contribution in [0.3, 0.4) is 0 Å². The Labute approximate surface area is 280 Å². The standard InChI is InChI=1S/C38H44N2O8/c1-39-9-7-37-17-27(41)29(45-3)15-23(37)25(39)13-19-11-21(35(47-5)33(43)31(19)37)22-12-20-14-26-24-16-30(46-4)28(42)18-38(24,8-10-40(26)2)32(20)34(44)36(22)48-6/h11-12,15-16,23-26,43-44H,7-10,13-14,17-18H2,1-6H3. The summed E-state index contributed by atoms with van der Waals surface area (Å²) in [6.45, 7) is 1.62. The van der Waals surface area contributed by atoms with Crippen molar-refractivity contribution in [3.05, 3.63) is 58.1 Å². The van der Waals surface area contributed by atoms with Crippen LogP contribution in [0, 0.1) is 11.8 Å². The lowest BCUT2D eigenvalue weighted by Gasteiger charge is -2.57. The van der Waals surface area contributed by atoms with Gasteiger partial charge in [0.2, 0.25) is 0 Å². The number of aromatic hydroxyl groups is 2. The van der Waals surface area contributed by atoms with Crippen LogP contribution in [-0.2, 0) is 42.7 Å². The zero-order chi connectivity index (χ0) is 33.9. The van der Waals surface area contributed by atoms with Crippen LogP contribution in [-0.4, -0.2) is 99.3 Å². The number of ether oxygens (including phenoxy) is 4. The van der Waals surface area contributed by atoms with Crippen LogP contribution in [0.1, 0.15) is 47.9 Å². The van der Waals surface area contributed by atoms with Gasteiger partial charge in [0, 0.05) is 69.8 Å². The number of nitrogens with zero attached hydrogens (tertiary/aromatic N) is 2. The summed E-state index contributed by atoms with van der Waals surface area (Å²) in [4.78, 5) is 31.4. The number of hydrogen-bond acceptors (Lipinski definition) is 10. The van der Waals surface area contributed by atoms with E-state index in [0.29, 0.717) is 48.3 Å². The lowest BCUT2D eigenvalue weighted by Crippen LogP contribution is -2.60. The number of Topliss-reactive ketones (excluding diaryl/α,β-unsaturated/α-hetero) is 2. The van der Waals surface area contributed by atoms with Crippen molar-refractivity contribution in [2.24, 2.45) is 11.8 Å². The molecule has 10 nitrogen and oxygen atoms in total. The number of phenolic OH excluding ortho intramolecular Hbond substituents is 2. The summed E-state index contributed by atoms with van der Waals surface area (Å²) in [5.41, 5.74) is 3.55. The van der Waals surface area contributed by atoms with Gasteiger partial charge in [0.25, 0.3) is 0 Å². The van der Waals surface area contributed by atoms with Gasteiger partial charge < -0.3 is 39.0 Å². The first-order valence-electron chi connectivity index (χ1n) is 16.9. The maximum Gasteiger partial charge on any atom is 0.197 e. The van der Waals surface area contributed by atoms with Crippen molar-refractivity contribution < 1.29 is 38.7 Å². The van der Waals surface area contributed by atoms with E-state index in [1.165, 1.54) is 28.4 Å². The molecule has 4 aliphatic carbocycles. The Kier molecular flexibility index (Phi) is 6.99. The van der Waals surface area contributed by atoms with Crippen molar-refractivity contribution >= 4 is 11.6 Å². The van der Waals surface area contributed by atoms with E-state index < -0.39 is 10.8 Å². The van der Waals surface area contributed by atoms with Gasteiger partial charge in [0.05, 0.1) is 28.4 Å². The number of piperidine rings is 2. The Bertz CT molecular complexity index is 1700. The van der Waals surface area contributed by atoms with E-state index in [0.717, 1.165) is 35.3 Å². The normalized spacial score (nSPS) is 32.2. The number of carbonyl (C=O) groups is 2. The summed E-state index contributed by atoms with van der Waals surface area (Å²) < 4.78 is 23.0. The molecule has 2 N–H and O–H groups in total. The number of ketones is 2. The Morgan fingerprint density at radius 3 is 1.42 bits per heavy atom. The average Bonchev–Trinajstić information content (AvgIpc) is 3.06. The highest BCUT2D eigenvalue weighted by molar-refractivity contribution is 5.97. The fraction of sp³-hybridized carbons (Fsp3) is 0.526. The molecule has 10 heteroatoms. The van der Waals surface area contributed by atoms with Crippen LogP contribution in [0.5, 0.6) is 23.0 Å². The van der Waals surface area contributed by atoms with E-state index in [4.69, 9.17) is 18.9 Å². The lowest BCUT2D eigenvalue weighted by atomic mass is 9.53. The Balaban J connectivity index is 1.34. The molecule has 8 rings (SSSR count). The molecular formula is C38H44N2O8. The van der Waals surface area contributed by atoms with E-state index in [9.17, 15) is 19.8 Å². The van der Waals surface area contributed by atoms with Crippen LogP contribution in [0.4, 0.5) is 0 Å². The first-order chi connectivity index (χ1) is 23.0. The van der Waals surface area contributed by atoms with Crippen molar-refractivity contribution in [3.8, 4) is 34.1 Å². The molecule has 2 aromatic rings. The van der Waals surface area contributed by atoms with E-state index in [-0.39, 0.29) is 71.3 Å². The van der Waals surface area contributed by atoms with Gasteiger partial charge in [-0.2, -0.15) is 0 Å². The van der Waals surface area contributed by atoms with Crippen molar-refractivity contribution in [3.63, 3.8) is 0 Å². The molecule has 2 aliphatic heterocycles. The molecule has 0 saturated carbocycles. The van der Waals surface area contributed by atoms with Crippen LogP contribution in [0.2, 0.25) is 0 Å². The smallest absolute Gasteiger partial charge is 0.197 e. The van der Waals surface area contributed by atoms with Gasteiger partial charge in [0.15, 0.2) is 46.1 Å². The first-order valence-corrected chi connectivity index (χ1v) is 16.9. The molecule has 0 aromatic heterocycles. The SMILES string of the molecule is COC1=CC2C3Cc4cc(-c5cc6c(c(O)c5OC)C57CCN(C)C(C6)C5C=C(OC)C(=O)C7)c(OC)c(O)c4C2(CCN3C)CC1=O. The maximum absolute atomic E-state index is 13.3. The second-order valence-electron chi connectivity index (χ2n) is 14.7. The number of hydrogen-bond donors (Lipinski definition) is 2. The molecule has 2 fully saturated rings. The highest BCUT2D eigenvalue weighted by atomic mass is 16.5. The molecule has 254 valence electrons. The third-order valence-corrected chi connectivity index (χ3v) is 12.9. The highest BCUT2D eigenvalue weighted by Gasteiger charge is 2.58. The third kappa shape index (κ3) is 3.93. The molecule has 0 radical (unpaired) electrons. The monoisotopic (exact) mass is 656 g/mol. The molecular weight excluding hydrogens is 612 g/mol. The van der Waals surface area contributed by atoms with Crippen molar-refractivity contribution in [2.45, 2.75) is 61.4 Å². The summed E-state index contributed by atoms with van der Waals surface area (Å²) >= 11 is 0.